The Morgan fingerprint density at radius 2 is 2.05 bits per heavy atom. The van der Waals surface area contributed by atoms with Gasteiger partial charge < -0.3 is 21.1 Å². The zero-order chi connectivity index (χ0) is 16.1. The number of rotatable bonds is 5. The van der Waals surface area contributed by atoms with E-state index < -0.39 is 0 Å². The Morgan fingerprint density at radius 1 is 1.27 bits per heavy atom. The molecule has 0 atom stereocenters. The zero-order valence-corrected chi connectivity index (χ0v) is 13.2. The van der Waals surface area contributed by atoms with Crippen molar-refractivity contribution in [3.63, 3.8) is 0 Å². The summed E-state index contributed by atoms with van der Waals surface area (Å²) < 4.78 is 5.12. The van der Waals surface area contributed by atoms with Gasteiger partial charge in [-0.1, -0.05) is 11.6 Å². The van der Waals surface area contributed by atoms with Gasteiger partial charge in [0.2, 0.25) is 0 Å². The van der Waals surface area contributed by atoms with Gasteiger partial charge in [-0.15, -0.1) is 0 Å². The minimum Gasteiger partial charge on any atom is -0.495 e. The fourth-order valence-corrected chi connectivity index (χ4v) is 2.27. The number of carbonyl (C=O) groups is 1. The van der Waals surface area contributed by atoms with E-state index in [4.69, 9.17) is 22.1 Å². The first-order chi connectivity index (χ1) is 10.5. The predicted octanol–water partition coefficient (Wildman–Crippen LogP) is 3.42. The minimum atomic E-state index is -0.183. The maximum atomic E-state index is 12.1. The first kappa shape index (κ1) is 16.0. The highest BCUT2D eigenvalue weighted by Gasteiger charge is 2.12. The molecule has 0 aliphatic rings. The van der Waals surface area contributed by atoms with Gasteiger partial charge in [0.25, 0.3) is 5.91 Å². The van der Waals surface area contributed by atoms with Crippen molar-refractivity contribution in [2.45, 2.75) is 6.92 Å². The van der Waals surface area contributed by atoms with Gasteiger partial charge in [-0.3, -0.25) is 4.79 Å². The molecule has 2 aromatic carbocycles. The van der Waals surface area contributed by atoms with Crippen LogP contribution in [0.1, 0.15) is 17.3 Å². The average molecular weight is 320 g/mol. The first-order valence-corrected chi connectivity index (χ1v) is 7.21. The summed E-state index contributed by atoms with van der Waals surface area (Å²) in [6.45, 7) is 2.40. The van der Waals surface area contributed by atoms with Crippen molar-refractivity contribution in [3.8, 4) is 5.75 Å². The van der Waals surface area contributed by atoms with E-state index >= 15 is 0 Å². The van der Waals surface area contributed by atoms with Gasteiger partial charge in [-0.2, -0.15) is 0 Å². The molecule has 0 aliphatic carbocycles. The smallest absolute Gasteiger partial charge is 0.253 e. The van der Waals surface area contributed by atoms with E-state index in [9.17, 15) is 4.79 Å². The maximum absolute atomic E-state index is 12.1. The van der Waals surface area contributed by atoms with Crippen LogP contribution in [-0.4, -0.2) is 19.6 Å². The molecule has 0 radical (unpaired) electrons. The summed E-state index contributed by atoms with van der Waals surface area (Å²) in [4.78, 5) is 12.1. The Labute approximate surface area is 134 Å². The van der Waals surface area contributed by atoms with Crippen LogP contribution in [0.5, 0.6) is 5.75 Å². The second-order valence-electron chi connectivity index (χ2n) is 4.64. The number of benzene rings is 2. The lowest BCUT2D eigenvalue weighted by molar-refractivity contribution is 0.0956. The summed E-state index contributed by atoms with van der Waals surface area (Å²) >= 11 is 6.11. The molecule has 5 nitrogen and oxygen atoms in total. The molecule has 0 bridgehead atoms. The van der Waals surface area contributed by atoms with E-state index in [2.05, 4.69) is 10.6 Å². The fourth-order valence-electron chi connectivity index (χ4n) is 2.01. The highest BCUT2D eigenvalue weighted by molar-refractivity contribution is 6.32. The van der Waals surface area contributed by atoms with Gasteiger partial charge >= 0.3 is 0 Å². The topological polar surface area (TPSA) is 76.4 Å². The molecule has 0 aromatic heterocycles. The molecular weight excluding hydrogens is 302 g/mol. The van der Waals surface area contributed by atoms with E-state index in [0.717, 1.165) is 5.69 Å². The number of methoxy groups -OCH3 is 1. The van der Waals surface area contributed by atoms with Crippen LogP contribution < -0.4 is 21.1 Å². The van der Waals surface area contributed by atoms with Crippen LogP contribution in [0.3, 0.4) is 0 Å². The van der Waals surface area contributed by atoms with Gasteiger partial charge in [0.05, 0.1) is 23.4 Å². The highest BCUT2D eigenvalue weighted by Crippen LogP contribution is 2.30. The normalized spacial score (nSPS) is 10.1. The monoisotopic (exact) mass is 319 g/mol. The lowest BCUT2D eigenvalue weighted by Gasteiger charge is -2.13. The Balaban J connectivity index is 2.33. The van der Waals surface area contributed by atoms with E-state index in [0.29, 0.717) is 34.3 Å². The molecule has 0 saturated heterocycles. The molecule has 0 fully saturated rings. The van der Waals surface area contributed by atoms with Crippen molar-refractivity contribution in [3.05, 3.63) is 47.0 Å². The van der Waals surface area contributed by atoms with Gasteiger partial charge in [0.1, 0.15) is 5.75 Å². The van der Waals surface area contributed by atoms with Crippen LogP contribution in [0.2, 0.25) is 5.02 Å². The quantitative estimate of drug-likeness (QED) is 0.738. The Hall–Kier alpha value is -2.40. The van der Waals surface area contributed by atoms with E-state index in [1.165, 1.54) is 0 Å². The minimum absolute atomic E-state index is 0.183. The van der Waals surface area contributed by atoms with Crippen molar-refractivity contribution in [2.24, 2.45) is 0 Å². The lowest BCUT2D eigenvalue weighted by atomic mass is 10.1. The summed E-state index contributed by atoms with van der Waals surface area (Å²) in [5.41, 5.74) is 8.18. The van der Waals surface area contributed by atoms with Crippen molar-refractivity contribution in [2.75, 3.05) is 24.7 Å². The van der Waals surface area contributed by atoms with E-state index in [1.807, 2.05) is 13.0 Å². The molecule has 116 valence electrons. The third-order valence-corrected chi connectivity index (χ3v) is 3.35. The molecule has 0 heterocycles. The molecule has 0 aliphatic heterocycles. The van der Waals surface area contributed by atoms with Crippen molar-refractivity contribution < 1.29 is 9.53 Å². The number of anilines is 3. The predicted molar refractivity (Wildman–Crippen MR) is 90.1 cm³/mol. The van der Waals surface area contributed by atoms with Crippen LogP contribution in [0.25, 0.3) is 0 Å². The Morgan fingerprint density at radius 3 is 2.68 bits per heavy atom. The molecule has 4 N–H and O–H groups in total. The molecule has 6 heteroatoms. The van der Waals surface area contributed by atoms with Crippen LogP contribution in [0.4, 0.5) is 17.1 Å². The first-order valence-electron chi connectivity index (χ1n) is 6.83. The standard InChI is InChI=1S/C16H18ClN3O2/c1-3-19-16(21)12-8-10(18)4-6-14(12)20-11-5-7-15(22-2)13(17)9-11/h4-9,20H,3,18H2,1-2H3,(H,19,21). The number of hydrogen-bond acceptors (Lipinski definition) is 4. The summed E-state index contributed by atoms with van der Waals surface area (Å²) in [7, 11) is 1.56. The number of amides is 1. The lowest BCUT2D eigenvalue weighted by Crippen LogP contribution is -2.23. The van der Waals surface area contributed by atoms with Crippen molar-refractivity contribution in [1.29, 1.82) is 0 Å². The molecule has 0 unspecified atom stereocenters. The number of halogens is 1. The van der Waals surface area contributed by atoms with Crippen molar-refractivity contribution in [1.82, 2.24) is 5.32 Å². The molecule has 22 heavy (non-hydrogen) atoms. The summed E-state index contributed by atoms with van der Waals surface area (Å²) in [6, 6.07) is 10.4. The number of nitrogens with two attached hydrogens (primary N) is 1. The van der Waals surface area contributed by atoms with Crippen LogP contribution in [0, 0.1) is 0 Å². The SMILES string of the molecule is CCNC(=O)c1cc(N)ccc1Nc1ccc(OC)c(Cl)c1. The molecule has 0 spiro atoms. The van der Waals surface area contributed by atoms with Gasteiger partial charge in [0.15, 0.2) is 0 Å². The molecule has 2 aromatic rings. The largest absolute Gasteiger partial charge is 0.495 e. The van der Waals surface area contributed by atoms with E-state index in [1.54, 1.807) is 37.4 Å². The third kappa shape index (κ3) is 3.62. The van der Waals surface area contributed by atoms with Gasteiger partial charge in [-0.05, 0) is 43.3 Å². The second-order valence-corrected chi connectivity index (χ2v) is 5.05. The van der Waals surface area contributed by atoms with Gasteiger partial charge in [-0.25, -0.2) is 0 Å². The molecule has 0 saturated carbocycles. The fraction of sp³-hybridized carbons (Fsp3) is 0.188. The molecule has 1 amide bonds. The van der Waals surface area contributed by atoms with E-state index in [-0.39, 0.29) is 5.91 Å². The zero-order valence-electron chi connectivity index (χ0n) is 12.4. The highest BCUT2D eigenvalue weighted by atomic mass is 35.5. The second kappa shape index (κ2) is 7.04. The van der Waals surface area contributed by atoms with Crippen molar-refractivity contribution >= 4 is 34.6 Å². The molecule has 2 rings (SSSR count). The number of nitrogen functional groups attached to an aromatic ring is 1. The van der Waals surface area contributed by atoms with Crippen LogP contribution in [0.15, 0.2) is 36.4 Å². The Kier molecular flexibility index (Phi) is 5.12. The Bertz CT molecular complexity index is 689. The average Bonchev–Trinajstić information content (AvgIpc) is 2.49. The third-order valence-electron chi connectivity index (χ3n) is 3.06. The number of carbonyl (C=O) groups excluding carboxylic acids is 1. The van der Waals surface area contributed by atoms with Crippen LogP contribution in [-0.2, 0) is 0 Å². The summed E-state index contributed by atoms with van der Waals surface area (Å²) in [5.74, 6) is 0.408. The van der Waals surface area contributed by atoms with Gasteiger partial charge in [0, 0.05) is 17.9 Å². The summed E-state index contributed by atoms with van der Waals surface area (Å²) in [6.07, 6.45) is 0. The molecular formula is C16H18ClN3O2. The maximum Gasteiger partial charge on any atom is 0.253 e. The number of hydrogen-bond donors (Lipinski definition) is 3. The number of nitrogens with one attached hydrogen (secondary N) is 2. The summed E-state index contributed by atoms with van der Waals surface area (Å²) in [5, 5.41) is 6.43. The number of ether oxygens (including phenoxy) is 1. The van der Waals surface area contributed by atoms with Crippen LogP contribution >= 0.6 is 11.6 Å².